The van der Waals surface area contributed by atoms with Crippen LogP contribution in [0.4, 0.5) is 0 Å². The Bertz CT molecular complexity index is 274. The van der Waals surface area contributed by atoms with E-state index in [1.807, 2.05) is 12.3 Å². The van der Waals surface area contributed by atoms with Crippen molar-refractivity contribution in [1.29, 1.82) is 0 Å². The molecule has 0 saturated carbocycles. The Morgan fingerprint density at radius 1 is 1.69 bits per heavy atom. The SMILES string of the molecule is C#CCCNC(C)c1cccnc1. The lowest BCUT2D eigenvalue weighted by atomic mass is 10.1. The maximum absolute atomic E-state index is 5.15. The molecule has 0 radical (unpaired) electrons. The van der Waals surface area contributed by atoms with Crippen molar-refractivity contribution in [1.82, 2.24) is 10.3 Å². The fourth-order valence-corrected chi connectivity index (χ4v) is 1.11. The van der Waals surface area contributed by atoms with Gasteiger partial charge < -0.3 is 5.32 Å². The molecule has 1 aromatic heterocycles. The summed E-state index contributed by atoms with van der Waals surface area (Å²) in [5.74, 6) is 2.60. The molecule has 0 aliphatic heterocycles. The summed E-state index contributed by atoms with van der Waals surface area (Å²) >= 11 is 0. The van der Waals surface area contributed by atoms with Crippen LogP contribution in [0.3, 0.4) is 0 Å². The van der Waals surface area contributed by atoms with E-state index in [1.165, 1.54) is 5.56 Å². The minimum atomic E-state index is 0.321. The first-order valence-corrected chi connectivity index (χ1v) is 4.41. The standard InChI is InChI=1S/C11H14N2/c1-3-4-8-13-10(2)11-6-5-7-12-9-11/h1,5-7,9-10,13H,4,8H2,2H3. The highest BCUT2D eigenvalue weighted by Crippen LogP contribution is 2.08. The molecule has 0 aliphatic carbocycles. The Balaban J connectivity index is 2.41. The number of rotatable bonds is 4. The average Bonchev–Trinajstić information content (AvgIpc) is 2.19. The predicted molar refractivity (Wildman–Crippen MR) is 54.1 cm³/mol. The van der Waals surface area contributed by atoms with Crippen molar-refractivity contribution in [2.75, 3.05) is 6.54 Å². The van der Waals surface area contributed by atoms with Gasteiger partial charge in [-0.25, -0.2) is 0 Å². The van der Waals surface area contributed by atoms with E-state index < -0.39 is 0 Å². The van der Waals surface area contributed by atoms with Crippen molar-refractivity contribution in [3.63, 3.8) is 0 Å². The molecule has 0 amide bonds. The first-order valence-electron chi connectivity index (χ1n) is 4.41. The average molecular weight is 174 g/mol. The van der Waals surface area contributed by atoms with Crippen LogP contribution in [0, 0.1) is 12.3 Å². The second-order valence-electron chi connectivity index (χ2n) is 2.92. The summed E-state index contributed by atoms with van der Waals surface area (Å²) in [5, 5.41) is 3.32. The zero-order valence-corrected chi connectivity index (χ0v) is 7.83. The lowest BCUT2D eigenvalue weighted by Crippen LogP contribution is -2.19. The summed E-state index contributed by atoms with van der Waals surface area (Å²) in [4.78, 5) is 4.05. The van der Waals surface area contributed by atoms with Crippen LogP contribution in [0.25, 0.3) is 0 Å². The van der Waals surface area contributed by atoms with Crippen LogP contribution < -0.4 is 5.32 Å². The number of hydrogen-bond acceptors (Lipinski definition) is 2. The number of aromatic nitrogens is 1. The van der Waals surface area contributed by atoms with E-state index in [4.69, 9.17) is 6.42 Å². The topological polar surface area (TPSA) is 24.9 Å². The first kappa shape index (κ1) is 9.76. The van der Waals surface area contributed by atoms with Gasteiger partial charge in [-0.15, -0.1) is 12.3 Å². The number of nitrogens with zero attached hydrogens (tertiary/aromatic N) is 1. The van der Waals surface area contributed by atoms with Gasteiger partial charge in [0.1, 0.15) is 0 Å². The van der Waals surface area contributed by atoms with Crippen molar-refractivity contribution in [2.24, 2.45) is 0 Å². The van der Waals surface area contributed by atoms with Gasteiger partial charge in [0.25, 0.3) is 0 Å². The van der Waals surface area contributed by atoms with Crippen LogP contribution in [0.15, 0.2) is 24.5 Å². The number of terminal acetylenes is 1. The van der Waals surface area contributed by atoms with Crippen molar-refractivity contribution in [3.8, 4) is 12.3 Å². The van der Waals surface area contributed by atoms with E-state index in [0.717, 1.165) is 13.0 Å². The van der Waals surface area contributed by atoms with Gasteiger partial charge in [-0.2, -0.15) is 0 Å². The molecule has 2 heteroatoms. The van der Waals surface area contributed by atoms with E-state index in [-0.39, 0.29) is 0 Å². The van der Waals surface area contributed by atoms with E-state index >= 15 is 0 Å². The number of hydrogen-bond donors (Lipinski definition) is 1. The molecule has 0 spiro atoms. The summed E-state index contributed by atoms with van der Waals surface area (Å²) in [6.07, 6.45) is 9.56. The smallest absolute Gasteiger partial charge is 0.0315 e. The highest BCUT2D eigenvalue weighted by Gasteiger charge is 2.02. The maximum Gasteiger partial charge on any atom is 0.0315 e. The first-order chi connectivity index (χ1) is 6.34. The molecule has 13 heavy (non-hydrogen) atoms. The Morgan fingerprint density at radius 3 is 3.15 bits per heavy atom. The molecule has 1 heterocycles. The van der Waals surface area contributed by atoms with E-state index in [0.29, 0.717) is 6.04 Å². The van der Waals surface area contributed by atoms with Crippen LogP contribution in [0.1, 0.15) is 24.9 Å². The second-order valence-corrected chi connectivity index (χ2v) is 2.92. The summed E-state index contributed by atoms with van der Waals surface area (Å²) in [6, 6.07) is 4.32. The molecule has 68 valence electrons. The van der Waals surface area contributed by atoms with E-state index in [2.05, 4.69) is 29.2 Å². The molecule has 1 atom stereocenters. The van der Waals surface area contributed by atoms with Gasteiger partial charge in [0.05, 0.1) is 0 Å². The number of nitrogens with one attached hydrogen (secondary N) is 1. The van der Waals surface area contributed by atoms with Gasteiger partial charge in [0, 0.05) is 31.4 Å². The maximum atomic E-state index is 5.15. The van der Waals surface area contributed by atoms with Crippen molar-refractivity contribution >= 4 is 0 Å². The zero-order chi connectivity index (χ0) is 9.52. The quantitative estimate of drug-likeness (QED) is 0.555. The van der Waals surface area contributed by atoms with Crippen LogP contribution >= 0.6 is 0 Å². The van der Waals surface area contributed by atoms with Crippen molar-refractivity contribution in [2.45, 2.75) is 19.4 Å². The normalized spacial score (nSPS) is 12.0. The molecule has 0 aromatic carbocycles. The lowest BCUT2D eigenvalue weighted by Gasteiger charge is -2.12. The van der Waals surface area contributed by atoms with Gasteiger partial charge in [-0.1, -0.05) is 6.07 Å². The number of pyridine rings is 1. The second kappa shape index (κ2) is 5.34. The van der Waals surface area contributed by atoms with Gasteiger partial charge in [0.15, 0.2) is 0 Å². The molecule has 1 unspecified atom stereocenters. The third-order valence-corrected chi connectivity index (χ3v) is 1.90. The van der Waals surface area contributed by atoms with Crippen molar-refractivity contribution in [3.05, 3.63) is 30.1 Å². The molecule has 1 aromatic rings. The van der Waals surface area contributed by atoms with Gasteiger partial charge in [-0.05, 0) is 18.6 Å². The zero-order valence-electron chi connectivity index (χ0n) is 7.83. The molecule has 0 bridgehead atoms. The van der Waals surface area contributed by atoms with Gasteiger partial charge in [-0.3, -0.25) is 4.98 Å². The fourth-order valence-electron chi connectivity index (χ4n) is 1.11. The van der Waals surface area contributed by atoms with Gasteiger partial charge in [0.2, 0.25) is 0 Å². The minimum Gasteiger partial charge on any atom is -0.309 e. The highest BCUT2D eigenvalue weighted by molar-refractivity contribution is 5.12. The minimum absolute atomic E-state index is 0.321. The molecular formula is C11H14N2. The van der Waals surface area contributed by atoms with E-state index in [1.54, 1.807) is 6.20 Å². The van der Waals surface area contributed by atoms with Gasteiger partial charge >= 0.3 is 0 Å². The summed E-state index contributed by atoms with van der Waals surface area (Å²) in [5.41, 5.74) is 1.19. The van der Waals surface area contributed by atoms with Crippen molar-refractivity contribution < 1.29 is 0 Å². The summed E-state index contributed by atoms with van der Waals surface area (Å²) in [6.45, 7) is 2.96. The van der Waals surface area contributed by atoms with Crippen LogP contribution in [-0.4, -0.2) is 11.5 Å². The van der Waals surface area contributed by atoms with Crippen LogP contribution in [0.2, 0.25) is 0 Å². The Morgan fingerprint density at radius 2 is 2.54 bits per heavy atom. The lowest BCUT2D eigenvalue weighted by molar-refractivity contribution is 0.582. The third kappa shape index (κ3) is 3.27. The van der Waals surface area contributed by atoms with E-state index in [9.17, 15) is 0 Å². The Labute approximate surface area is 79.4 Å². The summed E-state index contributed by atoms with van der Waals surface area (Å²) in [7, 11) is 0. The molecule has 1 N–H and O–H groups in total. The largest absolute Gasteiger partial charge is 0.309 e. The molecule has 2 nitrogen and oxygen atoms in total. The molecular weight excluding hydrogens is 160 g/mol. The van der Waals surface area contributed by atoms with Crippen LogP contribution in [0.5, 0.6) is 0 Å². The fraction of sp³-hybridized carbons (Fsp3) is 0.364. The molecule has 0 fully saturated rings. The highest BCUT2D eigenvalue weighted by atomic mass is 14.9. The molecule has 0 saturated heterocycles. The Hall–Kier alpha value is -1.33. The molecule has 0 aliphatic rings. The molecule has 1 rings (SSSR count). The monoisotopic (exact) mass is 174 g/mol. The Kier molecular flexibility index (Phi) is 4.01. The van der Waals surface area contributed by atoms with Crippen LogP contribution in [-0.2, 0) is 0 Å². The summed E-state index contributed by atoms with van der Waals surface area (Å²) < 4.78 is 0. The third-order valence-electron chi connectivity index (χ3n) is 1.90. The predicted octanol–water partition coefficient (Wildman–Crippen LogP) is 1.76.